The number of rotatable bonds is 4. The van der Waals surface area contributed by atoms with E-state index in [1.165, 1.54) is 0 Å². The molecule has 1 fully saturated rings. The fraction of sp³-hybridized carbons (Fsp3) is 0.316. The Hall–Kier alpha value is -1.52. The molecule has 0 spiro atoms. The fourth-order valence-electron chi connectivity index (χ4n) is 3.11. The quantitative estimate of drug-likeness (QED) is 0.693. The maximum absolute atomic E-state index is 12.9. The third kappa shape index (κ3) is 3.76. The van der Waals surface area contributed by atoms with E-state index in [2.05, 4.69) is 28.1 Å². The highest BCUT2D eigenvalue weighted by molar-refractivity contribution is 9.10. The van der Waals surface area contributed by atoms with Crippen LogP contribution in [0.4, 0.5) is 0 Å². The molecule has 0 saturated carbocycles. The summed E-state index contributed by atoms with van der Waals surface area (Å²) in [5, 5.41) is 0.516. The number of hydrogen-bond acceptors (Lipinski definition) is 2. The molecule has 0 N–H and O–H groups in total. The molecule has 0 aliphatic carbocycles. The number of carbonyl (C=O) groups excluding carboxylic acids is 1. The molecule has 126 valence electrons. The van der Waals surface area contributed by atoms with E-state index in [9.17, 15) is 4.79 Å². The van der Waals surface area contributed by atoms with Crippen LogP contribution < -0.4 is 4.74 Å². The van der Waals surface area contributed by atoms with E-state index in [1.807, 2.05) is 29.2 Å². The van der Waals surface area contributed by atoms with Crippen LogP contribution in [0.1, 0.15) is 31.4 Å². The SMILES string of the molecule is CC(Oc1ccccc1Cl)C(=O)N1CCCC1c1cccc(Br)c1. The van der Waals surface area contributed by atoms with E-state index in [1.54, 1.807) is 19.1 Å². The lowest BCUT2D eigenvalue weighted by atomic mass is 10.0. The molecule has 0 radical (unpaired) electrons. The van der Waals surface area contributed by atoms with Crippen LogP contribution in [0.3, 0.4) is 0 Å². The lowest BCUT2D eigenvalue weighted by Crippen LogP contribution is -2.40. The van der Waals surface area contributed by atoms with Crippen LogP contribution >= 0.6 is 27.5 Å². The van der Waals surface area contributed by atoms with Gasteiger partial charge in [0.05, 0.1) is 11.1 Å². The standard InChI is InChI=1S/C19H19BrClNO2/c1-13(24-18-10-3-2-8-16(18)21)19(23)22-11-5-9-17(22)14-6-4-7-15(20)12-14/h2-4,6-8,10,12-13,17H,5,9,11H2,1H3. The van der Waals surface area contributed by atoms with Gasteiger partial charge in [0, 0.05) is 11.0 Å². The predicted molar refractivity (Wildman–Crippen MR) is 99.4 cm³/mol. The summed E-state index contributed by atoms with van der Waals surface area (Å²) >= 11 is 9.62. The first-order valence-electron chi connectivity index (χ1n) is 8.03. The molecule has 2 unspecified atom stereocenters. The van der Waals surface area contributed by atoms with Gasteiger partial charge in [0.25, 0.3) is 5.91 Å². The van der Waals surface area contributed by atoms with Crippen LogP contribution in [0.25, 0.3) is 0 Å². The number of benzene rings is 2. The molecule has 3 nitrogen and oxygen atoms in total. The second kappa shape index (κ2) is 7.58. The van der Waals surface area contributed by atoms with Gasteiger partial charge in [-0.15, -0.1) is 0 Å². The molecule has 1 saturated heterocycles. The highest BCUT2D eigenvalue weighted by atomic mass is 79.9. The number of nitrogens with zero attached hydrogens (tertiary/aromatic N) is 1. The lowest BCUT2D eigenvalue weighted by molar-refractivity contribution is -0.138. The van der Waals surface area contributed by atoms with Crippen LogP contribution in [0.15, 0.2) is 53.0 Å². The first-order valence-corrected chi connectivity index (χ1v) is 9.20. The van der Waals surface area contributed by atoms with Gasteiger partial charge >= 0.3 is 0 Å². The van der Waals surface area contributed by atoms with Crippen molar-refractivity contribution in [1.82, 2.24) is 4.90 Å². The molecule has 1 amide bonds. The van der Waals surface area contributed by atoms with E-state index in [0.717, 1.165) is 29.4 Å². The topological polar surface area (TPSA) is 29.5 Å². The van der Waals surface area contributed by atoms with Crippen LogP contribution in [0.5, 0.6) is 5.75 Å². The lowest BCUT2D eigenvalue weighted by Gasteiger charge is -2.28. The van der Waals surface area contributed by atoms with Gasteiger partial charge in [-0.25, -0.2) is 0 Å². The minimum Gasteiger partial charge on any atom is -0.479 e. The number of ether oxygens (including phenoxy) is 1. The molecule has 1 aliphatic heterocycles. The average Bonchev–Trinajstić information content (AvgIpc) is 3.06. The van der Waals surface area contributed by atoms with Crippen LogP contribution in [-0.2, 0) is 4.79 Å². The van der Waals surface area contributed by atoms with Crippen molar-refractivity contribution in [2.75, 3.05) is 6.54 Å². The van der Waals surface area contributed by atoms with Gasteiger partial charge in [0.15, 0.2) is 6.10 Å². The molecular weight excluding hydrogens is 390 g/mol. The van der Waals surface area contributed by atoms with Crippen molar-refractivity contribution in [3.63, 3.8) is 0 Å². The molecule has 2 aromatic carbocycles. The molecule has 1 aliphatic rings. The summed E-state index contributed by atoms with van der Waals surface area (Å²) in [5.74, 6) is 0.538. The summed E-state index contributed by atoms with van der Waals surface area (Å²) in [6.45, 7) is 2.54. The van der Waals surface area contributed by atoms with Gasteiger partial charge in [-0.05, 0) is 49.6 Å². The molecule has 0 bridgehead atoms. The summed E-state index contributed by atoms with van der Waals surface area (Å²) in [7, 11) is 0. The predicted octanol–water partition coefficient (Wildman–Crippen LogP) is 5.23. The number of hydrogen-bond donors (Lipinski definition) is 0. The van der Waals surface area contributed by atoms with E-state index < -0.39 is 6.10 Å². The zero-order valence-electron chi connectivity index (χ0n) is 13.4. The number of amides is 1. The summed E-state index contributed by atoms with van der Waals surface area (Å²) < 4.78 is 6.82. The van der Waals surface area contributed by atoms with Gasteiger partial charge in [-0.1, -0.05) is 51.8 Å². The Morgan fingerprint density at radius 1 is 1.29 bits per heavy atom. The van der Waals surface area contributed by atoms with Crippen molar-refractivity contribution >= 4 is 33.4 Å². The molecule has 0 aromatic heterocycles. The molecule has 24 heavy (non-hydrogen) atoms. The van der Waals surface area contributed by atoms with Gasteiger partial charge < -0.3 is 9.64 Å². The minimum atomic E-state index is -0.572. The first kappa shape index (κ1) is 17.3. The van der Waals surface area contributed by atoms with Gasteiger partial charge in [0.1, 0.15) is 5.75 Å². The van der Waals surface area contributed by atoms with E-state index in [-0.39, 0.29) is 11.9 Å². The number of halogens is 2. The maximum atomic E-state index is 12.9. The zero-order chi connectivity index (χ0) is 17.1. The van der Waals surface area contributed by atoms with Crippen molar-refractivity contribution in [3.05, 3.63) is 63.6 Å². The van der Waals surface area contributed by atoms with Crippen molar-refractivity contribution < 1.29 is 9.53 Å². The van der Waals surface area contributed by atoms with E-state index in [4.69, 9.17) is 16.3 Å². The van der Waals surface area contributed by atoms with Crippen molar-refractivity contribution in [3.8, 4) is 5.75 Å². The number of likely N-dealkylation sites (tertiary alicyclic amines) is 1. The Labute approximate surface area is 155 Å². The first-order chi connectivity index (χ1) is 11.6. The maximum Gasteiger partial charge on any atom is 0.263 e. The zero-order valence-corrected chi connectivity index (χ0v) is 15.8. The molecule has 3 rings (SSSR count). The van der Waals surface area contributed by atoms with Crippen molar-refractivity contribution in [1.29, 1.82) is 0 Å². The smallest absolute Gasteiger partial charge is 0.263 e. The second-order valence-corrected chi connectivity index (χ2v) is 7.26. The Bertz CT molecular complexity index is 737. The van der Waals surface area contributed by atoms with Crippen LogP contribution in [0, 0.1) is 0 Å². The minimum absolute atomic E-state index is 0.00241. The van der Waals surface area contributed by atoms with E-state index in [0.29, 0.717) is 10.8 Å². The Morgan fingerprint density at radius 2 is 2.08 bits per heavy atom. The van der Waals surface area contributed by atoms with E-state index >= 15 is 0 Å². The van der Waals surface area contributed by atoms with Crippen molar-refractivity contribution in [2.45, 2.75) is 31.9 Å². The molecule has 2 aromatic rings. The Morgan fingerprint density at radius 3 is 2.83 bits per heavy atom. The molecule has 1 heterocycles. The largest absolute Gasteiger partial charge is 0.479 e. The highest BCUT2D eigenvalue weighted by Gasteiger charge is 2.33. The second-order valence-electron chi connectivity index (χ2n) is 5.94. The summed E-state index contributed by atoms with van der Waals surface area (Å²) in [5.41, 5.74) is 1.15. The normalized spacial score (nSPS) is 18.5. The van der Waals surface area contributed by atoms with Crippen molar-refractivity contribution in [2.24, 2.45) is 0 Å². The molecule has 5 heteroatoms. The summed E-state index contributed by atoms with van der Waals surface area (Å²) in [6.07, 6.45) is 1.40. The Balaban J connectivity index is 1.74. The van der Waals surface area contributed by atoms with Gasteiger partial charge in [-0.3, -0.25) is 4.79 Å². The van der Waals surface area contributed by atoms with Crippen LogP contribution in [0.2, 0.25) is 5.02 Å². The highest BCUT2D eigenvalue weighted by Crippen LogP contribution is 2.34. The monoisotopic (exact) mass is 407 g/mol. The van der Waals surface area contributed by atoms with Gasteiger partial charge in [0.2, 0.25) is 0 Å². The molecule has 2 atom stereocenters. The number of carbonyl (C=O) groups is 1. The third-order valence-corrected chi connectivity index (χ3v) is 5.06. The van der Waals surface area contributed by atoms with Crippen LogP contribution in [-0.4, -0.2) is 23.5 Å². The van der Waals surface area contributed by atoms with Gasteiger partial charge in [-0.2, -0.15) is 0 Å². The fourth-order valence-corrected chi connectivity index (χ4v) is 3.70. The third-order valence-electron chi connectivity index (χ3n) is 4.26. The average molecular weight is 409 g/mol. The summed E-state index contributed by atoms with van der Waals surface area (Å²) in [6, 6.07) is 15.5. The molecular formula is C19H19BrClNO2. The Kier molecular flexibility index (Phi) is 5.47. The number of para-hydroxylation sites is 1. The summed E-state index contributed by atoms with van der Waals surface area (Å²) in [4.78, 5) is 14.8.